The van der Waals surface area contributed by atoms with Crippen LogP contribution in [-0.4, -0.2) is 10.2 Å². The predicted octanol–water partition coefficient (Wildman–Crippen LogP) is 0.798. The minimum Gasteiger partial charge on any atom is -0.183 e. The van der Waals surface area contributed by atoms with E-state index in [0.717, 1.165) is 0 Å². The molecule has 0 aliphatic carbocycles. The van der Waals surface area contributed by atoms with Gasteiger partial charge < -0.3 is 0 Å². The Labute approximate surface area is 46.4 Å². The lowest BCUT2D eigenvalue weighted by Crippen LogP contribution is -1.85. The van der Waals surface area contributed by atoms with Crippen molar-refractivity contribution in [2.24, 2.45) is 0 Å². The molecule has 1 rings (SSSR count). The van der Waals surface area contributed by atoms with Gasteiger partial charge in [0.15, 0.2) is 0 Å². The maximum absolute atomic E-state index is 12.0. The molecular weight excluding hydrogens is 107 g/mol. The Morgan fingerprint density at radius 3 is 2.75 bits per heavy atom. The van der Waals surface area contributed by atoms with Gasteiger partial charge in [0.1, 0.15) is 0 Å². The fourth-order valence-corrected chi connectivity index (χ4v) is 0.377. The topological polar surface area (TPSA) is 25.8 Å². The summed E-state index contributed by atoms with van der Waals surface area (Å²) in [4.78, 5) is 0. The maximum Gasteiger partial charge on any atom is 0.233 e. The van der Waals surface area contributed by atoms with Crippen LogP contribution in [0.4, 0.5) is 4.39 Å². The van der Waals surface area contributed by atoms with Crippen LogP contribution >= 0.6 is 0 Å². The standard InChI is InChI=1S/C5H4FN2/c1-4-2-5(6)8-7-3-4/h2-3H,1H2. The minimum absolute atomic E-state index is 0.539. The molecule has 0 spiro atoms. The molecule has 1 aromatic rings. The molecule has 0 saturated heterocycles. The van der Waals surface area contributed by atoms with Crippen molar-refractivity contribution in [1.29, 1.82) is 0 Å². The summed E-state index contributed by atoms with van der Waals surface area (Å²) in [6.07, 6.45) is 1.39. The monoisotopic (exact) mass is 111 g/mol. The predicted molar refractivity (Wildman–Crippen MR) is 26.4 cm³/mol. The van der Waals surface area contributed by atoms with Crippen molar-refractivity contribution >= 4 is 0 Å². The first kappa shape index (κ1) is 5.15. The van der Waals surface area contributed by atoms with Crippen LogP contribution in [0.15, 0.2) is 12.3 Å². The van der Waals surface area contributed by atoms with Crippen LogP contribution in [-0.2, 0) is 0 Å². The highest BCUT2D eigenvalue weighted by atomic mass is 19.1. The van der Waals surface area contributed by atoms with Gasteiger partial charge in [-0.3, -0.25) is 0 Å². The zero-order chi connectivity index (χ0) is 5.98. The number of hydrogen-bond donors (Lipinski definition) is 0. The molecule has 3 heteroatoms. The van der Waals surface area contributed by atoms with Crippen LogP contribution in [0.1, 0.15) is 5.56 Å². The van der Waals surface area contributed by atoms with Crippen molar-refractivity contribution in [3.05, 3.63) is 30.7 Å². The van der Waals surface area contributed by atoms with Gasteiger partial charge in [0.2, 0.25) is 5.95 Å². The van der Waals surface area contributed by atoms with Gasteiger partial charge in [-0.05, 0) is 18.6 Å². The van der Waals surface area contributed by atoms with Gasteiger partial charge >= 0.3 is 0 Å². The van der Waals surface area contributed by atoms with Crippen LogP contribution < -0.4 is 0 Å². The van der Waals surface area contributed by atoms with Crippen LogP contribution in [0.5, 0.6) is 0 Å². The number of nitrogens with zero attached hydrogens (tertiary/aromatic N) is 2. The third-order valence-corrected chi connectivity index (χ3v) is 0.681. The van der Waals surface area contributed by atoms with Crippen molar-refractivity contribution in [3.8, 4) is 0 Å². The first-order chi connectivity index (χ1) is 3.79. The Morgan fingerprint density at radius 2 is 2.38 bits per heavy atom. The zero-order valence-electron chi connectivity index (χ0n) is 4.13. The minimum atomic E-state index is -0.586. The molecule has 8 heavy (non-hydrogen) atoms. The Kier molecular flexibility index (Phi) is 1.20. The van der Waals surface area contributed by atoms with E-state index in [0.29, 0.717) is 5.56 Å². The normalized spacial score (nSPS) is 9.25. The molecule has 0 N–H and O–H groups in total. The molecule has 0 atom stereocenters. The maximum atomic E-state index is 12.0. The second kappa shape index (κ2) is 1.86. The van der Waals surface area contributed by atoms with Crippen molar-refractivity contribution in [2.45, 2.75) is 0 Å². The van der Waals surface area contributed by atoms with Gasteiger partial charge in [0.25, 0.3) is 0 Å². The van der Waals surface area contributed by atoms with Crippen molar-refractivity contribution in [1.82, 2.24) is 10.2 Å². The molecule has 0 bridgehead atoms. The average Bonchev–Trinajstić information content (AvgIpc) is 1.64. The smallest absolute Gasteiger partial charge is 0.183 e. The quantitative estimate of drug-likeness (QED) is 0.494. The highest BCUT2D eigenvalue weighted by molar-refractivity contribution is 5.08. The highest BCUT2D eigenvalue weighted by Crippen LogP contribution is 1.92. The number of hydrogen-bond acceptors (Lipinski definition) is 2. The molecular formula is C5H4FN2. The van der Waals surface area contributed by atoms with E-state index in [9.17, 15) is 4.39 Å². The molecule has 0 aliphatic heterocycles. The Morgan fingerprint density at radius 1 is 1.62 bits per heavy atom. The van der Waals surface area contributed by atoms with E-state index >= 15 is 0 Å². The van der Waals surface area contributed by atoms with E-state index in [1.165, 1.54) is 12.3 Å². The van der Waals surface area contributed by atoms with Gasteiger partial charge in [-0.25, -0.2) is 0 Å². The first-order valence-corrected chi connectivity index (χ1v) is 2.09. The third-order valence-electron chi connectivity index (χ3n) is 0.681. The third kappa shape index (κ3) is 0.992. The summed E-state index contributed by atoms with van der Waals surface area (Å²) in [5.74, 6) is -0.586. The van der Waals surface area contributed by atoms with Crippen LogP contribution in [0, 0.1) is 12.9 Å². The fraction of sp³-hybridized carbons (Fsp3) is 0. The molecule has 0 amide bonds. The first-order valence-electron chi connectivity index (χ1n) is 2.09. The number of halogens is 1. The molecule has 0 saturated carbocycles. The molecule has 1 radical (unpaired) electrons. The van der Waals surface area contributed by atoms with Gasteiger partial charge in [-0.2, -0.15) is 9.49 Å². The largest absolute Gasteiger partial charge is 0.233 e. The van der Waals surface area contributed by atoms with Gasteiger partial charge in [0.05, 0.1) is 6.20 Å². The van der Waals surface area contributed by atoms with Crippen molar-refractivity contribution in [3.63, 3.8) is 0 Å². The van der Waals surface area contributed by atoms with Gasteiger partial charge in [-0.1, -0.05) is 0 Å². The summed E-state index contributed by atoms with van der Waals surface area (Å²) in [7, 11) is 0. The Bertz CT molecular complexity index is 170. The summed E-state index contributed by atoms with van der Waals surface area (Å²) in [6.45, 7) is 3.44. The Hall–Kier alpha value is -0.990. The molecule has 0 fully saturated rings. The van der Waals surface area contributed by atoms with Crippen LogP contribution in [0.25, 0.3) is 0 Å². The van der Waals surface area contributed by atoms with Crippen LogP contribution in [0.3, 0.4) is 0 Å². The molecule has 2 nitrogen and oxygen atoms in total. The molecule has 0 aromatic carbocycles. The summed E-state index contributed by atoms with van der Waals surface area (Å²) >= 11 is 0. The Balaban J connectivity index is 3.08. The van der Waals surface area contributed by atoms with E-state index in [2.05, 4.69) is 17.1 Å². The SMILES string of the molecule is [CH2]c1cnnc(F)c1. The average molecular weight is 111 g/mol. The highest BCUT2D eigenvalue weighted by Gasteiger charge is 1.87. The lowest BCUT2D eigenvalue weighted by Gasteiger charge is -1.85. The second-order valence-corrected chi connectivity index (χ2v) is 1.39. The molecule has 41 valence electrons. The summed E-state index contributed by atoms with van der Waals surface area (Å²) in [6, 6.07) is 1.22. The van der Waals surface area contributed by atoms with E-state index < -0.39 is 5.95 Å². The number of aromatic nitrogens is 2. The summed E-state index contributed by atoms with van der Waals surface area (Å²) in [5, 5.41) is 6.38. The zero-order valence-corrected chi connectivity index (χ0v) is 4.13. The second-order valence-electron chi connectivity index (χ2n) is 1.39. The molecule has 0 unspecified atom stereocenters. The van der Waals surface area contributed by atoms with E-state index in [-0.39, 0.29) is 0 Å². The summed E-state index contributed by atoms with van der Waals surface area (Å²) < 4.78 is 12.0. The van der Waals surface area contributed by atoms with Crippen LogP contribution in [0.2, 0.25) is 0 Å². The van der Waals surface area contributed by atoms with Crippen molar-refractivity contribution < 1.29 is 4.39 Å². The lowest BCUT2D eigenvalue weighted by molar-refractivity contribution is 0.562. The fourth-order valence-electron chi connectivity index (χ4n) is 0.377. The number of rotatable bonds is 0. The molecule has 0 aliphatic rings. The van der Waals surface area contributed by atoms with Gasteiger partial charge in [0, 0.05) is 0 Å². The molecule has 1 aromatic heterocycles. The van der Waals surface area contributed by atoms with E-state index in [4.69, 9.17) is 0 Å². The molecule has 1 heterocycles. The van der Waals surface area contributed by atoms with E-state index in [1.807, 2.05) is 0 Å². The summed E-state index contributed by atoms with van der Waals surface area (Å²) in [5.41, 5.74) is 0.539. The van der Waals surface area contributed by atoms with Crippen molar-refractivity contribution in [2.75, 3.05) is 0 Å². The lowest BCUT2D eigenvalue weighted by atomic mass is 10.4. The van der Waals surface area contributed by atoms with Gasteiger partial charge in [-0.15, -0.1) is 5.10 Å². The van der Waals surface area contributed by atoms with E-state index in [1.54, 1.807) is 0 Å².